The Morgan fingerprint density at radius 1 is 1.10 bits per heavy atom. The van der Waals surface area contributed by atoms with Crippen LogP contribution >= 0.6 is 11.8 Å². The van der Waals surface area contributed by atoms with Crippen LogP contribution in [-0.2, 0) is 9.59 Å². The minimum Gasteiger partial charge on any atom is -0.497 e. The summed E-state index contributed by atoms with van der Waals surface area (Å²) in [7, 11) is 3.01. The van der Waals surface area contributed by atoms with E-state index < -0.39 is 5.25 Å². The molecule has 2 amide bonds. The number of imide groups is 1. The predicted octanol–water partition coefficient (Wildman–Crippen LogP) is 2.91. The van der Waals surface area contributed by atoms with E-state index in [0.29, 0.717) is 28.2 Å². The second-order valence-electron chi connectivity index (χ2n) is 6.25. The van der Waals surface area contributed by atoms with Gasteiger partial charge < -0.3 is 9.47 Å². The lowest BCUT2D eigenvalue weighted by molar-refractivity contribution is -0.121. The number of carbonyl (C=O) groups excluding carboxylic acids is 2. The van der Waals surface area contributed by atoms with Gasteiger partial charge in [0.15, 0.2) is 5.82 Å². The second-order valence-corrected chi connectivity index (χ2v) is 7.42. The molecule has 1 aromatic heterocycles. The molecule has 0 bridgehead atoms. The molecule has 8 nitrogen and oxygen atoms in total. The third kappa shape index (κ3) is 3.68. The van der Waals surface area contributed by atoms with Crippen molar-refractivity contribution in [2.24, 2.45) is 0 Å². The molecule has 2 heterocycles. The summed E-state index contributed by atoms with van der Waals surface area (Å²) < 4.78 is 10.5. The summed E-state index contributed by atoms with van der Waals surface area (Å²) >= 11 is 1.16. The number of rotatable bonds is 6. The van der Waals surface area contributed by atoms with Gasteiger partial charge in [-0.15, -0.1) is 5.10 Å². The zero-order chi connectivity index (χ0) is 20.4. The van der Waals surface area contributed by atoms with E-state index in [4.69, 9.17) is 9.47 Å². The quantitative estimate of drug-likeness (QED) is 0.624. The average molecular weight is 410 g/mol. The lowest BCUT2D eigenvalue weighted by atomic mass is 10.2. The van der Waals surface area contributed by atoms with Gasteiger partial charge in [0.2, 0.25) is 17.0 Å². The molecule has 0 radical (unpaired) electrons. The van der Waals surface area contributed by atoms with Crippen LogP contribution in [0.3, 0.4) is 0 Å². The summed E-state index contributed by atoms with van der Waals surface area (Å²) in [6.07, 6.45) is 0.0546. The van der Waals surface area contributed by atoms with Gasteiger partial charge in [0.1, 0.15) is 16.7 Å². The number of hydrogen-bond donors (Lipinski definition) is 1. The van der Waals surface area contributed by atoms with Crippen molar-refractivity contribution >= 4 is 29.3 Å². The number of aromatic amines is 1. The summed E-state index contributed by atoms with van der Waals surface area (Å²) in [4.78, 5) is 31.2. The van der Waals surface area contributed by atoms with E-state index in [-0.39, 0.29) is 18.2 Å². The third-order valence-corrected chi connectivity index (χ3v) is 5.54. The van der Waals surface area contributed by atoms with E-state index in [1.807, 2.05) is 30.3 Å². The van der Waals surface area contributed by atoms with Crippen LogP contribution < -0.4 is 14.4 Å². The highest BCUT2D eigenvalue weighted by Gasteiger charge is 2.42. The summed E-state index contributed by atoms with van der Waals surface area (Å²) in [5, 5.41) is 6.84. The van der Waals surface area contributed by atoms with Crippen LogP contribution in [-0.4, -0.2) is 46.5 Å². The van der Waals surface area contributed by atoms with Gasteiger partial charge in [-0.1, -0.05) is 42.1 Å². The minimum atomic E-state index is -0.613. The maximum absolute atomic E-state index is 13.0. The highest BCUT2D eigenvalue weighted by molar-refractivity contribution is 8.00. The average Bonchev–Trinajstić information content (AvgIpc) is 3.32. The number of hydrogen-bond acceptors (Lipinski definition) is 7. The third-order valence-electron chi connectivity index (χ3n) is 4.49. The molecule has 1 fully saturated rings. The lowest BCUT2D eigenvalue weighted by Crippen LogP contribution is -2.31. The fourth-order valence-electron chi connectivity index (χ4n) is 3.07. The van der Waals surface area contributed by atoms with Gasteiger partial charge in [-0.2, -0.15) is 0 Å². The molecule has 4 rings (SSSR count). The fourth-order valence-corrected chi connectivity index (χ4v) is 4.00. The number of nitrogens with one attached hydrogen (secondary N) is 1. The molecule has 1 N–H and O–H groups in total. The molecule has 0 spiro atoms. The van der Waals surface area contributed by atoms with Gasteiger partial charge in [-0.3, -0.25) is 14.7 Å². The van der Waals surface area contributed by atoms with E-state index in [9.17, 15) is 9.59 Å². The minimum absolute atomic E-state index is 0.0546. The maximum atomic E-state index is 13.0. The molecule has 29 heavy (non-hydrogen) atoms. The Labute approximate surface area is 171 Å². The number of ether oxygens (including phenoxy) is 2. The SMILES string of the molecule is COc1ccc(OC)c(N2C(=O)CC(Sc3n[nH]c(-c4ccccc4)n3)C2=O)c1. The number of amides is 2. The van der Waals surface area contributed by atoms with E-state index in [0.717, 1.165) is 22.2 Å². The largest absolute Gasteiger partial charge is 0.497 e. The number of nitrogens with zero attached hydrogens (tertiary/aromatic N) is 3. The molecule has 0 aliphatic carbocycles. The van der Waals surface area contributed by atoms with Crippen LogP contribution in [0.25, 0.3) is 11.4 Å². The van der Waals surface area contributed by atoms with E-state index in [1.54, 1.807) is 18.2 Å². The van der Waals surface area contributed by atoms with Crippen LogP contribution in [0.15, 0.2) is 53.7 Å². The molecule has 0 saturated carbocycles. The smallest absolute Gasteiger partial charge is 0.248 e. The molecule has 1 saturated heterocycles. The fraction of sp³-hybridized carbons (Fsp3) is 0.200. The Morgan fingerprint density at radius 2 is 1.90 bits per heavy atom. The van der Waals surface area contributed by atoms with Crippen LogP contribution in [0.4, 0.5) is 5.69 Å². The Hall–Kier alpha value is -3.33. The monoisotopic (exact) mass is 410 g/mol. The van der Waals surface area contributed by atoms with Crippen LogP contribution in [0.2, 0.25) is 0 Å². The lowest BCUT2D eigenvalue weighted by Gasteiger charge is -2.18. The molecule has 9 heteroatoms. The van der Waals surface area contributed by atoms with Crippen molar-refractivity contribution in [2.45, 2.75) is 16.8 Å². The number of H-pyrrole nitrogens is 1. The summed E-state index contributed by atoms with van der Waals surface area (Å²) in [5.74, 6) is 0.910. The summed E-state index contributed by atoms with van der Waals surface area (Å²) in [6.45, 7) is 0. The Bertz CT molecular complexity index is 1050. The highest BCUT2D eigenvalue weighted by Crippen LogP contribution is 2.38. The Balaban J connectivity index is 1.56. The van der Waals surface area contributed by atoms with Crippen LogP contribution in [0, 0.1) is 0 Å². The van der Waals surface area contributed by atoms with Gasteiger partial charge in [-0.25, -0.2) is 9.88 Å². The van der Waals surface area contributed by atoms with Crippen molar-refractivity contribution in [2.75, 3.05) is 19.1 Å². The summed E-state index contributed by atoms with van der Waals surface area (Å²) in [5.41, 5.74) is 1.26. The molecule has 2 aromatic carbocycles. The molecule has 148 valence electrons. The summed E-state index contributed by atoms with van der Waals surface area (Å²) in [6, 6.07) is 14.5. The molecule has 1 unspecified atom stereocenters. The zero-order valence-corrected chi connectivity index (χ0v) is 16.6. The molecule has 1 aliphatic heterocycles. The van der Waals surface area contributed by atoms with Crippen LogP contribution in [0.5, 0.6) is 11.5 Å². The number of anilines is 1. The maximum Gasteiger partial charge on any atom is 0.248 e. The number of aromatic nitrogens is 3. The van der Waals surface area contributed by atoms with Crippen molar-refractivity contribution in [1.82, 2.24) is 15.2 Å². The standard InChI is InChI=1S/C20H18N4O4S/c1-27-13-8-9-15(28-2)14(10-13)24-17(25)11-16(19(24)26)29-20-21-18(22-23-20)12-6-4-3-5-7-12/h3-10,16H,11H2,1-2H3,(H,21,22,23). The van der Waals surface area contributed by atoms with Gasteiger partial charge in [-0.05, 0) is 12.1 Å². The Morgan fingerprint density at radius 3 is 2.62 bits per heavy atom. The molecular weight excluding hydrogens is 392 g/mol. The number of thioether (sulfide) groups is 1. The van der Waals surface area contributed by atoms with Gasteiger partial charge in [0, 0.05) is 18.1 Å². The molecule has 1 atom stereocenters. The normalized spacial score (nSPS) is 16.3. The molecule has 3 aromatic rings. The topological polar surface area (TPSA) is 97.4 Å². The van der Waals surface area contributed by atoms with Gasteiger partial charge >= 0.3 is 0 Å². The molecular formula is C20H18N4O4S. The number of carbonyl (C=O) groups is 2. The predicted molar refractivity (Wildman–Crippen MR) is 108 cm³/mol. The van der Waals surface area contributed by atoms with E-state index in [1.165, 1.54) is 14.2 Å². The van der Waals surface area contributed by atoms with E-state index >= 15 is 0 Å². The van der Waals surface area contributed by atoms with E-state index in [2.05, 4.69) is 15.2 Å². The number of methoxy groups -OCH3 is 2. The van der Waals surface area contributed by atoms with Crippen molar-refractivity contribution in [3.63, 3.8) is 0 Å². The first kappa shape index (κ1) is 19.0. The first-order valence-electron chi connectivity index (χ1n) is 8.84. The first-order valence-corrected chi connectivity index (χ1v) is 9.72. The van der Waals surface area contributed by atoms with Crippen molar-refractivity contribution in [3.05, 3.63) is 48.5 Å². The zero-order valence-electron chi connectivity index (χ0n) is 15.8. The van der Waals surface area contributed by atoms with Crippen molar-refractivity contribution in [3.8, 4) is 22.9 Å². The Kier molecular flexibility index (Phi) is 5.22. The second kappa shape index (κ2) is 7.96. The first-order chi connectivity index (χ1) is 14.1. The highest BCUT2D eigenvalue weighted by atomic mass is 32.2. The van der Waals surface area contributed by atoms with Gasteiger partial charge in [0.05, 0.1) is 19.9 Å². The van der Waals surface area contributed by atoms with Crippen molar-refractivity contribution in [1.29, 1.82) is 0 Å². The van der Waals surface area contributed by atoms with Crippen molar-refractivity contribution < 1.29 is 19.1 Å². The van der Waals surface area contributed by atoms with Gasteiger partial charge in [0.25, 0.3) is 0 Å². The molecule has 1 aliphatic rings. The number of benzene rings is 2. The van der Waals surface area contributed by atoms with Crippen LogP contribution in [0.1, 0.15) is 6.42 Å².